The third-order valence-corrected chi connectivity index (χ3v) is 3.86. The number of nitrogens with one attached hydrogen (secondary N) is 2. The van der Waals surface area contributed by atoms with Gasteiger partial charge in [-0.05, 0) is 48.9 Å². The fraction of sp³-hybridized carbons (Fsp3) is 0.105. The number of benzene rings is 2. The van der Waals surface area contributed by atoms with Gasteiger partial charge in [0.05, 0.1) is 25.2 Å². The summed E-state index contributed by atoms with van der Waals surface area (Å²) in [6.45, 7) is 1.94. The zero-order valence-corrected chi connectivity index (χ0v) is 15.0. The van der Waals surface area contributed by atoms with Gasteiger partial charge in [0.2, 0.25) is 0 Å². The molecule has 0 radical (unpaired) electrons. The Balaban J connectivity index is 1.71. The minimum Gasteiger partial charge on any atom is -0.495 e. The lowest BCUT2D eigenvalue weighted by atomic mass is 10.2. The minimum atomic E-state index is -0.362. The zero-order valence-electron chi connectivity index (χ0n) is 14.3. The number of hydrogen-bond donors (Lipinski definition) is 2. The number of anilines is 3. The van der Waals surface area contributed by atoms with E-state index in [1.54, 1.807) is 25.3 Å². The van der Waals surface area contributed by atoms with Crippen molar-refractivity contribution >= 4 is 34.7 Å². The van der Waals surface area contributed by atoms with Crippen LogP contribution < -0.4 is 15.4 Å². The van der Waals surface area contributed by atoms with Crippen molar-refractivity contribution in [2.45, 2.75) is 6.92 Å². The highest BCUT2D eigenvalue weighted by molar-refractivity contribution is 6.30. The lowest BCUT2D eigenvalue weighted by molar-refractivity contribution is 0.102. The standard InChI is InChI=1S/C19H17ClN4O2/c1-12-3-8-17(26-2)15(9-12)24-19(25)16-10-22-18(11-21-16)23-14-6-4-13(20)5-7-14/h3-11H,1-2H3,(H,22,23)(H,24,25). The van der Waals surface area contributed by atoms with Crippen LogP contribution in [0.1, 0.15) is 16.1 Å². The number of methoxy groups -OCH3 is 1. The van der Waals surface area contributed by atoms with Crippen molar-refractivity contribution in [3.05, 3.63) is 71.1 Å². The highest BCUT2D eigenvalue weighted by atomic mass is 35.5. The van der Waals surface area contributed by atoms with Gasteiger partial charge in [0.25, 0.3) is 5.91 Å². The van der Waals surface area contributed by atoms with E-state index in [0.29, 0.717) is 22.3 Å². The van der Waals surface area contributed by atoms with E-state index in [4.69, 9.17) is 16.3 Å². The van der Waals surface area contributed by atoms with Gasteiger partial charge < -0.3 is 15.4 Å². The van der Waals surface area contributed by atoms with Crippen LogP contribution in [0.4, 0.5) is 17.2 Å². The molecule has 1 aromatic heterocycles. The molecule has 0 fully saturated rings. The lowest BCUT2D eigenvalue weighted by Gasteiger charge is -2.11. The molecular formula is C19H17ClN4O2. The average molecular weight is 369 g/mol. The van der Waals surface area contributed by atoms with Crippen molar-refractivity contribution in [3.8, 4) is 5.75 Å². The summed E-state index contributed by atoms with van der Waals surface area (Å²) in [5.74, 6) is 0.745. The summed E-state index contributed by atoms with van der Waals surface area (Å²) in [4.78, 5) is 20.8. The zero-order chi connectivity index (χ0) is 18.5. The molecule has 3 aromatic rings. The van der Waals surface area contributed by atoms with Crippen molar-refractivity contribution in [1.82, 2.24) is 9.97 Å². The Bertz CT molecular complexity index is 912. The second-order valence-electron chi connectivity index (χ2n) is 5.58. The van der Waals surface area contributed by atoms with E-state index in [2.05, 4.69) is 20.6 Å². The van der Waals surface area contributed by atoms with Crippen molar-refractivity contribution in [2.24, 2.45) is 0 Å². The van der Waals surface area contributed by atoms with Gasteiger partial charge in [-0.2, -0.15) is 0 Å². The van der Waals surface area contributed by atoms with E-state index in [-0.39, 0.29) is 11.6 Å². The monoisotopic (exact) mass is 368 g/mol. The smallest absolute Gasteiger partial charge is 0.275 e. The maximum Gasteiger partial charge on any atom is 0.275 e. The van der Waals surface area contributed by atoms with Gasteiger partial charge in [-0.3, -0.25) is 4.79 Å². The molecule has 0 saturated carbocycles. The number of amides is 1. The third-order valence-electron chi connectivity index (χ3n) is 3.60. The van der Waals surface area contributed by atoms with Gasteiger partial charge in [0.1, 0.15) is 17.3 Å². The number of ether oxygens (including phenoxy) is 1. The molecule has 2 N–H and O–H groups in total. The quantitative estimate of drug-likeness (QED) is 0.696. The summed E-state index contributed by atoms with van der Waals surface area (Å²) in [6.07, 6.45) is 2.91. The van der Waals surface area contributed by atoms with Gasteiger partial charge in [-0.15, -0.1) is 0 Å². The molecule has 0 aliphatic heterocycles. The van der Waals surface area contributed by atoms with E-state index in [1.807, 2.05) is 31.2 Å². The molecular weight excluding hydrogens is 352 g/mol. The van der Waals surface area contributed by atoms with Gasteiger partial charge >= 0.3 is 0 Å². The van der Waals surface area contributed by atoms with Crippen LogP contribution in [-0.4, -0.2) is 23.0 Å². The number of aryl methyl sites for hydroxylation is 1. The molecule has 0 unspecified atom stereocenters. The molecule has 0 atom stereocenters. The Kier molecular flexibility index (Phi) is 5.34. The summed E-state index contributed by atoms with van der Waals surface area (Å²) >= 11 is 5.86. The van der Waals surface area contributed by atoms with Gasteiger partial charge in [-0.1, -0.05) is 17.7 Å². The summed E-state index contributed by atoms with van der Waals surface area (Å²) in [5, 5.41) is 6.53. The summed E-state index contributed by atoms with van der Waals surface area (Å²) in [6, 6.07) is 12.7. The van der Waals surface area contributed by atoms with Crippen LogP contribution in [0.2, 0.25) is 5.02 Å². The number of aromatic nitrogens is 2. The summed E-state index contributed by atoms with van der Waals surface area (Å²) in [7, 11) is 1.55. The summed E-state index contributed by atoms with van der Waals surface area (Å²) in [5.41, 5.74) is 2.62. The molecule has 6 nitrogen and oxygen atoms in total. The van der Waals surface area contributed by atoms with E-state index in [1.165, 1.54) is 12.4 Å². The largest absolute Gasteiger partial charge is 0.495 e. The summed E-state index contributed by atoms with van der Waals surface area (Å²) < 4.78 is 5.26. The van der Waals surface area contributed by atoms with Crippen LogP contribution in [0, 0.1) is 6.92 Å². The Hall–Kier alpha value is -3.12. The Morgan fingerprint density at radius 2 is 1.85 bits per heavy atom. The highest BCUT2D eigenvalue weighted by Gasteiger charge is 2.12. The lowest BCUT2D eigenvalue weighted by Crippen LogP contribution is -2.15. The van der Waals surface area contributed by atoms with Crippen LogP contribution in [0.15, 0.2) is 54.9 Å². The Labute approximate surface area is 156 Å². The SMILES string of the molecule is COc1ccc(C)cc1NC(=O)c1cnc(Nc2ccc(Cl)cc2)cn1. The molecule has 2 aromatic carbocycles. The molecule has 3 rings (SSSR count). The molecule has 26 heavy (non-hydrogen) atoms. The first kappa shape index (κ1) is 17.7. The Morgan fingerprint density at radius 3 is 2.50 bits per heavy atom. The van der Waals surface area contributed by atoms with Crippen LogP contribution in [0.25, 0.3) is 0 Å². The first-order valence-corrected chi connectivity index (χ1v) is 8.23. The van der Waals surface area contributed by atoms with Crippen LogP contribution >= 0.6 is 11.6 Å². The minimum absolute atomic E-state index is 0.204. The average Bonchev–Trinajstić information content (AvgIpc) is 2.64. The predicted octanol–water partition coefficient (Wildman–Crippen LogP) is 4.44. The van der Waals surface area contributed by atoms with E-state index in [0.717, 1.165) is 11.3 Å². The molecule has 1 amide bonds. The molecule has 0 aliphatic rings. The third kappa shape index (κ3) is 4.29. The normalized spacial score (nSPS) is 10.3. The maximum absolute atomic E-state index is 12.4. The molecule has 132 valence electrons. The second kappa shape index (κ2) is 7.84. The van der Waals surface area contributed by atoms with Crippen LogP contribution in [0.3, 0.4) is 0 Å². The van der Waals surface area contributed by atoms with Crippen LogP contribution in [-0.2, 0) is 0 Å². The number of rotatable bonds is 5. The van der Waals surface area contributed by atoms with Crippen LogP contribution in [0.5, 0.6) is 5.75 Å². The van der Waals surface area contributed by atoms with Crippen molar-refractivity contribution in [3.63, 3.8) is 0 Å². The number of carbonyl (C=O) groups excluding carboxylic acids is 1. The highest BCUT2D eigenvalue weighted by Crippen LogP contribution is 2.25. The van der Waals surface area contributed by atoms with E-state index < -0.39 is 0 Å². The van der Waals surface area contributed by atoms with Crippen molar-refractivity contribution in [1.29, 1.82) is 0 Å². The molecule has 7 heteroatoms. The topological polar surface area (TPSA) is 76.1 Å². The number of hydrogen-bond acceptors (Lipinski definition) is 5. The predicted molar refractivity (Wildman–Crippen MR) is 102 cm³/mol. The molecule has 0 bridgehead atoms. The Morgan fingerprint density at radius 1 is 1.08 bits per heavy atom. The van der Waals surface area contributed by atoms with Crippen molar-refractivity contribution < 1.29 is 9.53 Å². The fourth-order valence-electron chi connectivity index (χ4n) is 2.30. The first-order valence-electron chi connectivity index (χ1n) is 7.86. The maximum atomic E-state index is 12.4. The number of nitrogens with zero attached hydrogens (tertiary/aromatic N) is 2. The molecule has 0 spiro atoms. The first-order chi connectivity index (χ1) is 12.5. The molecule has 1 heterocycles. The fourth-order valence-corrected chi connectivity index (χ4v) is 2.42. The number of halogens is 1. The van der Waals surface area contributed by atoms with E-state index >= 15 is 0 Å². The second-order valence-corrected chi connectivity index (χ2v) is 6.01. The van der Waals surface area contributed by atoms with Crippen molar-refractivity contribution in [2.75, 3.05) is 17.7 Å². The van der Waals surface area contributed by atoms with Gasteiger partial charge in [0.15, 0.2) is 0 Å². The molecule has 0 aliphatic carbocycles. The van der Waals surface area contributed by atoms with E-state index in [9.17, 15) is 4.79 Å². The number of carbonyl (C=O) groups is 1. The van der Waals surface area contributed by atoms with Gasteiger partial charge in [0, 0.05) is 10.7 Å². The van der Waals surface area contributed by atoms with Gasteiger partial charge in [-0.25, -0.2) is 9.97 Å². The molecule has 0 saturated heterocycles.